The van der Waals surface area contributed by atoms with E-state index in [0.717, 1.165) is 12.1 Å². The third-order valence-electron chi connectivity index (χ3n) is 3.90. The largest absolute Gasteiger partial charge is 0.354 e. The molecule has 28 heavy (non-hydrogen) atoms. The van der Waals surface area contributed by atoms with E-state index in [1.54, 1.807) is 25.1 Å². The molecule has 0 aliphatic heterocycles. The molecule has 0 radical (unpaired) electrons. The number of rotatable bonds is 6. The second kappa shape index (κ2) is 8.51. The fraction of sp³-hybridized carbons (Fsp3) is 0.150. The number of hydrogen-bond donors (Lipinski definition) is 2. The van der Waals surface area contributed by atoms with Gasteiger partial charge in [0.1, 0.15) is 11.5 Å². The first-order chi connectivity index (χ1) is 13.4. The van der Waals surface area contributed by atoms with Crippen molar-refractivity contribution in [3.63, 3.8) is 0 Å². The Labute approximate surface area is 159 Å². The minimum absolute atomic E-state index is 0.0608. The number of halogens is 3. The highest BCUT2D eigenvalue weighted by Gasteiger charge is 2.12. The minimum Gasteiger partial charge on any atom is -0.354 e. The van der Waals surface area contributed by atoms with E-state index < -0.39 is 17.5 Å². The molecule has 0 fully saturated rings. The molecule has 0 aliphatic carbocycles. The SMILES string of the molecule is Cc1cc(C(=O)Nc2ccc(F)c(F)c2)nc(NCCc2ccccc2F)n1. The number of amides is 1. The molecule has 2 aromatic carbocycles. The van der Waals surface area contributed by atoms with Gasteiger partial charge in [-0.25, -0.2) is 23.1 Å². The summed E-state index contributed by atoms with van der Waals surface area (Å²) in [4.78, 5) is 20.7. The zero-order valence-corrected chi connectivity index (χ0v) is 15.0. The van der Waals surface area contributed by atoms with E-state index in [0.29, 0.717) is 24.2 Å². The lowest BCUT2D eigenvalue weighted by molar-refractivity contribution is 0.102. The van der Waals surface area contributed by atoms with Gasteiger partial charge in [0.2, 0.25) is 5.95 Å². The van der Waals surface area contributed by atoms with E-state index in [-0.39, 0.29) is 23.1 Å². The van der Waals surface area contributed by atoms with Gasteiger partial charge in [-0.05, 0) is 43.2 Å². The average molecular weight is 386 g/mol. The van der Waals surface area contributed by atoms with Crippen LogP contribution in [0, 0.1) is 24.4 Å². The van der Waals surface area contributed by atoms with Crippen LogP contribution in [0.5, 0.6) is 0 Å². The Balaban J connectivity index is 1.67. The predicted octanol–water partition coefficient (Wildman–Crippen LogP) is 4.11. The first-order valence-electron chi connectivity index (χ1n) is 8.52. The summed E-state index contributed by atoms with van der Waals surface area (Å²) < 4.78 is 39.9. The molecule has 8 heteroatoms. The molecule has 1 heterocycles. The fourth-order valence-corrected chi connectivity index (χ4v) is 2.54. The first kappa shape index (κ1) is 19.3. The van der Waals surface area contributed by atoms with E-state index >= 15 is 0 Å². The molecule has 3 aromatic rings. The Morgan fingerprint density at radius 3 is 2.50 bits per heavy atom. The van der Waals surface area contributed by atoms with Crippen molar-refractivity contribution < 1.29 is 18.0 Å². The molecule has 0 saturated carbocycles. The molecule has 144 valence electrons. The highest BCUT2D eigenvalue weighted by Crippen LogP contribution is 2.15. The lowest BCUT2D eigenvalue weighted by atomic mass is 10.1. The Kier molecular flexibility index (Phi) is 5.88. The second-order valence-corrected chi connectivity index (χ2v) is 6.07. The number of benzene rings is 2. The zero-order valence-electron chi connectivity index (χ0n) is 15.0. The van der Waals surface area contributed by atoms with E-state index in [2.05, 4.69) is 20.6 Å². The molecule has 1 aromatic heterocycles. The molecule has 3 rings (SSSR count). The van der Waals surface area contributed by atoms with E-state index in [4.69, 9.17) is 0 Å². The van der Waals surface area contributed by atoms with Crippen LogP contribution in [0.1, 0.15) is 21.7 Å². The number of anilines is 2. The van der Waals surface area contributed by atoms with Crippen LogP contribution in [0.25, 0.3) is 0 Å². The number of nitrogens with one attached hydrogen (secondary N) is 2. The van der Waals surface area contributed by atoms with Crippen LogP contribution in [-0.4, -0.2) is 22.4 Å². The molecule has 0 saturated heterocycles. The van der Waals surface area contributed by atoms with Gasteiger partial charge in [-0.2, -0.15) is 0 Å². The second-order valence-electron chi connectivity index (χ2n) is 6.07. The highest BCUT2D eigenvalue weighted by atomic mass is 19.2. The summed E-state index contributed by atoms with van der Waals surface area (Å²) in [5.74, 6) is -2.73. The number of aryl methyl sites for hydroxylation is 1. The average Bonchev–Trinajstić information content (AvgIpc) is 2.66. The standard InChI is InChI=1S/C20H17F3N4O/c1-12-10-18(19(28)26-14-6-7-16(22)17(23)11-14)27-20(25-12)24-9-8-13-4-2-3-5-15(13)21/h2-7,10-11H,8-9H2,1H3,(H,26,28)(H,24,25,27). The monoisotopic (exact) mass is 386 g/mol. The van der Waals surface area contributed by atoms with E-state index in [1.165, 1.54) is 18.2 Å². The third kappa shape index (κ3) is 4.85. The molecule has 0 unspecified atom stereocenters. The highest BCUT2D eigenvalue weighted by molar-refractivity contribution is 6.03. The molecule has 2 N–H and O–H groups in total. The first-order valence-corrected chi connectivity index (χ1v) is 8.52. The Morgan fingerprint density at radius 2 is 1.75 bits per heavy atom. The summed E-state index contributed by atoms with van der Waals surface area (Å²) in [5.41, 5.74) is 1.26. The smallest absolute Gasteiger partial charge is 0.274 e. The molecule has 1 amide bonds. The number of nitrogens with zero attached hydrogens (tertiary/aromatic N) is 2. The minimum atomic E-state index is -1.06. The van der Waals surface area contributed by atoms with Gasteiger partial charge in [-0.3, -0.25) is 4.79 Å². The Hall–Kier alpha value is -3.42. The van der Waals surface area contributed by atoms with Gasteiger partial charge in [-0.15, -0.1) is 0 Å². The third-order valence-corrected chi connectivity index (χ3v) is 3.90. The maximum atomic E-state index is 13.6. The number of aromatic nitrogens is 2. The fourth-order valence-electron chi connectivity index (χ4n) is 2.54. The van der Waals surface area contributed by atoms with Gasteiger partial charge < -0.3 is 10.6 Å². The predicted molar refractivity (Wildman–Crippen MR) is 99.7 cm³/mol. The zero-order chi connectivity index (χ0) is 20.1. The molecule has 0 aliphatic rings. The van der Waals surface area contributed by atoms with E-state index in [1.807, 2.05) is 0 Å². The van der Waals surface area contributed by atoms with Crippen LogP contribution in [-0.2, 0) is 6.42 Å². The van der Waals surface area contributed by atoms with Crippen LogP contribution in [0.15, 0.2) is 48.5 Å². The summed E-state index contributed by atoms with van der Waals surface area (Å²) >= 11 is 0. The van der Waals surface area contributed by atoms with Gasteiger partial charge in [0.15, 0.2) is 11.6 Å². The number of carbonyl (C=O) groups is 1. The molecule has 0 atom stereocenters. The van der Waals surface area contributed by atoms with Gasteiger partial charge in [0, 0.05) is 24.0 Å². The van der Waals surface area contributed by atoms with Crippen LogP contribution < -0.4 is 10.6 Å². The van der Waals surface area contributed by atoms with Crippen LogP contribution in [0.2, 0.25) is 0 Å². The van der Waals surface area contributed by atoms with Gasteiger partial charge in [-0.1, -0.05) is 18.2 Å². The molecule has 5 nitrogen and oxygen atoms in total. The van der Waals surface area contributed by atoms with Crippen molar-refractivity contribution in [2.75, 3.05) is 17.2 Å². The van der Waals surface area contributed by atoms with Crippen molar-refractivity contribution in [3.8, 4) is 0 Å². The topological polar surface area (TPSA) is 66.9 Å². The van der Waals surface area contributed by atoms with Crippen molar-refractivity contribution in [1.29, 1.82) is 0 Å². The molecular formula is C20H17F3N4O. The summed E-state index contributed by atoms with van der Waals surface area (Å²) in [6, 6.07) is 11.0. The number of carbonyl (C=O) groups excluding carboxylic acids is 1. The maximum Gasteiger partial charge on any atom is 0.274 e. The van der Waals surface area contributed by atoms with Crippen molar-refractivity contribution in [1.82, 2.24) is 9.97 Å². The van der Waals surface area contributed by atoms with Gasteiger partial charge >= 0.3 is 0 Å². The molecule has 0 bridgehead atoms. The summed E-state index contributed by atoms with van der Waals surface area (Å²) in [7, 11) is 0. The number of hydrogen-bond acceptors (Lipinski definition) is 4. The molecular weight excluding hydrogens is 369 g/mol. The lowest BCUT2D eigenvalue weighted by Crippen LogP contribution is -2.17. The summed E-state index contributed by atoms with van der Waals surface area (Å²) in [6.07, 6.45) is 0.417. The lowest BCUT2D eigenvalue weighted by Gasteiger charge is -2.09. The maximum absolute atomic E-state index is 13.6. The Bertz CT molecular complexity index is 1010. The van der Waals surface area contributed by atoms with Crippen LogP contribution in [0.3, 0.4) is 0 Å². The van der Waals surface area contributed by atoms with Gasteiger partial charge in [0.05, 0.1) is 0 Å². The van der Waals surface area contributed by atoms with Gasteiger partial charge in [0.25, 0.3) is 5.91 Å². The van der Waals surface area contributed by atoms with Crippen molar-refractivity contribution in [2.24, 2.45) is 0 Å². The van der Waals surface area contributed by atoms with E-state index in [9.17, 15) is 18.0 Å². The van der Waals surface area contributed by atoms with Crippen LogP contribution in [0.4, 0.5) is 24.8 Å². The quantitative estimate of drug-likeness (QED) is 0.669. The molecule has 0 spiro atoms. The normalized spacial score (nSPS) is 10.6. The van der Waals surface area contributed by atoms with Crippen LogP contribution >= 0.6 is 0 Å². The Morgan fingerprint density at radius 1 is 0.964 bits per heavy atom. The van der Waals surface area contributed by atoms with Crippen molar-refractivity contribution in [3.05, 3.63) is 82.9 Å². The van der Waals surface area contributed by atoms with Crippen molar-refractivity contribution >= 4 is 17.5 Å². The summed E-state index contributed by atoms with van der Waals surface area (Å²) in [5, 5.41) is 5.42. The van der Waals surface area contributed by atoms with Crippen molar-refractivity contribution in [2.45, 2.75) is 13.3 Å². The summed E-state index contributed by atoms with van der Waals surface area (Å²) in [6.45, 7) is 2.06.